The average Bonchev–Trinajstić information content (AvgIpc) is 2.62. The fourth-order valence-corrected chi connectivity index (χ4v) is 2.72. The molecule has 0 bridgehead atoms. The van der Waals surface area contributed by atoms with E-state index in [0.29, 0.717) is 28.1 Å². The summed E-state index contributed by atoms with van der Waals surface area (Å²) >= 11 is 4.91. The first-order chi connectivity index (χ1) is 12.9. The average molecular weight is 388 g/mol. The number of carbonyl (C=O) groups excluding carboxylic acids is 1. The van der Waals surface area contributed by atoms with E-state index in [1.54, 1.807) is 19.9 Å². The summed E-state index contributed by atoms with van der Waals surface area (Å²) < 4.78 is 25.6. The van der Waals surface area contributed by atoms with E-state index >= 15 is 0 Å². The molecule has 0 fully saturated rings. The molecule has 142 valence electrons. The van der Waals surface area contributed by atoms with Crippen molar-refractivity contribution in [2.45, 2.75) is 27.2 Å². The summed E-state index contributed by atoms with van der Waals surface area (Å²) in [5, 5.41) is 0. The summed E-state index contributed by atoms with van der Waals surface area (Å²) in [7, 11) is 0. The lowest BCUT2D eigenvalue weighted by Crippen LogP contribution is -2.12. The molecule has 0 radical (unpaired) electrons. The van der Waals surface area contributed by atoms with Gasteiger partial charge in [0.25, 0.3) is 0 Å². The lowest BCUT2D eigenvalue weighted by Gasteiger charge is -2.17. The van der Waals surface area contributed by atoms with Crippen LogP contribution in [0.4, 0.5) is 4.39 Å². The molecule has 1 heterocycles. The minimum Gasteiger partial charge on any atom is -0.466 e. The fraction of sp³-hybridized carbons (Fsp3) is 0.250. The maximum Gasteiger partial charge on any atom is 0.310 e. The predicted molar refractivity (Wildman–Crippen MR) is 106 cm³/mol. The Labute approximate surface area is 163 Å². The monoisotopic (exact) mass is 388 g/mol. The molecule has 0 unspecified atom stereocenters. The summed E-state index contributed by atoms with van der Waals surface area (Å²) in [5.74, 6) is -0.765. The number of rotatable bonds is 7. The Kier molecular flexibility index (Phi) is 7.01. The largest absolute Gasteiger partial charge is 0.466 e. The van der Waals surface area contributed by atoms with Crippen molar-refractivity contribution in [2.24, 2.45) is 5.73 Å². The van der Waals surface area contributed by atoms with Gasteiger partial charge in [0.1, 0.15) is 16.4 Å². The first kappa shape index (κ1) is 20.5. The van der Waals surface area contributed by atoms with Crippen LogP contribution in [-0.2, 0) is 16.0 Å². The van der Waals surface area contributed by atoms with Crippen LogP contribution in [0.1, 0.15) is 36.2 Å². The zero-order chi connectivity index (χ0) is 20.0. The Morgan fingerprint density at radius 3 is 2.78 bits per heavy atom. The number of halogens is 1. The van der Waals surface area contributed by atoms with Crippen LogP contribution in [0.25, 0.3) is 6.08 Å². The van der Waals surface area contributed by atoms with Crippen molar-refractivity contribution < 1.29 is 18.7 Å². The third-order valence-corrected chi connectivity index (χ3v) is 3.96. The molecule has 0 amide bonds. The number of carbonyl (C=O) groups is 1. The molecule has 1 aromatic heterocycles. The van der Waals surface area contributed by atoms with Crippen LogP contribution >= 0.6 is 12.2 Å². The molecule has 0 aliphatic rings. The van der Waals surface area contributed by atoms with E-state index in [9.17, 15) is 9.18 Å². The normalized spacial score (nSPS) is 10.8. The van der Waals surface area contributed by atoms with Gasteiger partial charge in [-0.1, -0.05) is 24.4 Å². The van der Waals surface area contributed by atoms with Gasteiger partial charge in [0.15, 0.2) is 11.6 Å². The van der Waals surface area contributed by atoms with Gasteiger partial charge in [-0.05, 0) is 44.0 Å². The number of aromatic nitrogens is 1. The van der Waals surface area contributed by atoms with Gasteiger partial charge >= 0.3 is 5.97 Å². The zero-order valence-electron chi connectivity index (χ0n) is 15.4. The number of esters is 1. The second-order valence-corrected chi connectivity index (χ2v) is 6.16. The first-order valence-electron chi connectivity index (χ1n) is 8.41. The molecule has 0 aliphatic carbocycles. The summed E-state index contributed by atoms with van der Waals surface area (Å²) in [6.45, 7) is 5.57. The molecule has 2 N–H and O–H groups in total. The highest BCUT2D eigenvalue weighted by Gasteiger charge is 2.21. The molecule has 5 nitrogen and oxygen atoms in total. The van der Waals surface area contributed by atoms with Gasteiger partial charge in [0.2, 0.25) is 0 Å². The number of ether oxygens (including phenoxy) is 2. The van der Waals surface area contributed by atoms with Crippen molar-refractivity contribution in [1.82, 2.24) is 4.98 Å². The van der Waals surface area contributed by atoms with Gasteiger partial charge < -0.3 is 15.2 Å². The number of benzene rings is 1. The predicted octanol–water partition coefficient (Wildman–Crippen LogP) is 4.09. The van der Waals surface area contributed by atoms with Crippen LogP contribution < -0.4 is 10.5 Å². The molecule has 1 aromatic carbocycles. The van der Waals surface area contributed by atoms with E-state index in [2.05, 4.69) is 4.98 Å². The van der Waals surface area contributed by atoms with E-state index in [1.165, 1.54) is 18.3 Å². The molecule has 0 atom stereocenters. The van der Waals surface area contributed by atoms with Crippen molar-refractivity contribution in [3.63, 3.8) is 0 Å². The summed E-state index contributed by atoms with van der Waals surface area (Å²) in [5.41, 5.74) is 7.76. The molecule has 0 spiro atoms. The number of hydrogen-bond donors (Lipinski definition) is 1. The summed E-state index contributed by atoms with van der Waals surface area (Å²) in [6.07, 6.45) is 4.97. The van der Waals surface area contributed by atoms with Gasteiger partial charge in [-0.3, -0.25) is 9.78 Å². The molecule has 27 heavy (non-hydrogen) atoms. The van der Waals surface area contributed by atoms with Crippen LogP contribution in [0.2, 0.25) is 0 Å². The molecule has 2 rings (SSSR count). The fourth-order valence-electron chi connectivity index (χ4n) is 2.61. The first-order valence-corrected chi connectivity index (χ1v) is 8.82. The van der Waals surface area contributed by atoms with Crippen LogP contribution in [0, 0.1) is 12.7 Å². The summed E-state index contributed by atoms with van der Waals surface area (Å²) in [4.78, 5) is 16.2. The highest BCUT2D eigenvalue weighted by atomic mass is 32.1. The highest BCUT2D eigenvalue weighted by Crippen LogP contribution is 2.34. The van der Waals surface area contributed by atoms with Crippen molar-refractivity contribution in [2.75, 3.05) is 6.61 Å². The minimum absolute atomic E-state index is 0.0400. The number of hydrogen-bond acceptors (Lipinski definition) is 5. The Hall–Kier alpha value is -2.80. The van der Waals surface area contributed by atoms with Gasteiger partial charge in [0, 0.05) is 17.8 Å². The van der Waals surface area contributed by atoms with Gasteiger partial charge in [-0.25, -0.2) is 4.39 Å². The Balaban J connectivity index is 2.56. The Morgan fingerprint density at radius 2 is 2.15 bits per heavy atom. The van der Waals surface area contributed by atoms with E-state index in [-0.39, 0.29) is 23.8 Å². The van der Waals surface area contributed by atoms with Crippen molar-refractivity contribution in [1.29, 1.82) is 0 Å². The van der Waals surface area contributed by atoms with Gasteiger partial charge in [0.05, 0.1) is 13.0 Å². The third kappa shape index (κ3) is 5.10. The van der Waals surface area contributed by atoms with Crippen LogP contribution in [0.15, 0.2) is 30.5 Å². The van der Waals surface area contributed by atoms with Crippen LogP contribution in [-0.4, -0.2) is 22.5 Å². The molecular formula is C20H21FN2O3S. The quantitative estimate of drug-likeness (QED) is 0.569. The maximum atomic E-state index is 14.7. The second-order valence-electron chi connectivity index (χ2n) is 5.72. The number of pyridine rings is 1. The number of allylic oxidation sites excluding steroid dienone is 1. The van der Waals surface area contributed by atoms with Crippen LogP contribution in [0.3, 0.4) is 0 Å². The van der Waals surface area contributed by atoms with Crippen molar-refractivity contribution >= 4 is 29.3 Å². The number of nitrogens with zero attached hydrogens (tertiary/aromatic N) is 1. The molecule has 2 aromatic rings. The molecule has 7 heteroatoms. The zero-order valence-corrected chi connectivity index (χ0v) is 16.2. The van der Waals surface area contributed by atoms with Crippen molar-refractivity contribution in [3.05, 3.63) is 58.7 Å². The standard InChI is InChI=1S/C20H21FN2O3S/c1-4-6-14-12(3)9-16(21)19(15(14)11-18(24)25-5-2)26-13-7-8-23-17(10-13)20(22)27/h4,6-10H,5,11H2,1-3H3,(H2,22,27)/b6-4-. The van der Waals surface area contributed by atoms with E-state index in [1.807, 2.05) is 19.1 Å². The van der Waals surface area contributed by atoms with E-state index < -0.39 is 11.8 Å². The number of thiocarbonyl (C=S) groups is 1. The van der Waals surface area contributed by atoms with Crippen molar-refractivity contribution in [3.8, 4) is 11.5 Å². The lowest BCUT2D eigenvalue weighted by molar-refractivity contribution is -0.142. The second kappa shape index (κ2) is 9.23. The lowest BCUT2D eigenvalue weighted by atomic mass is 9.97. The number of nitrogens with two attached hydrogens (primary N) is 1. The van der Waals surface area contributed by atoms with E-state index in [4.69, 9.17) is 27.4 Å². The molecule has 0 aliphatic heterocycles. The Bertz CT molecular complexity index is 897. The molecular weight excluding hydrogens is 367 g/mol. The SMILES string of the molecule is C/C=C\c1c(C)cc(F)c(Oc2ccnc(C(N)=S)c2)c1CC(=O)OCC. The molecule has 0 saturated carbocycles. The maximum absolute atomic E-state index is 14.7. The third-order valence-electron chi connectivity index (χ3n) is 3.75. The smallest absolute Gasteiger partial charge is 0.310 e. The minimum atomic E-state index is -0.575. The highest BCUT2D eigenvalue weighted by molar-refractivity contribution is 7.80. The van der Waals surface area contributed by atoms with Gasteiger partial charge in [-0.2, -0.15) is 0 Å². The molecule has 0 saturated heterocycles. The Morgan fingerprint density at radius 1 is 1.41 bits per heavy atom. The topological polar surface area (TPSA) is 74.4 Å². The number of aryl methyl sites for hydroxylation is 1. The van der Waals surface area contributed by atoms with E-state index in [0.717, 1.165) is 0 Å². The van der Waals surface area contributed by atoms with Crippen LogP contribution in [0.5, 0.6) is 11.5 Å². The van der Waals surface area contributed by atoms with Gasteiger partial charge in [-0.15, -0.1) is 0 Å². The summed E-state index contributed by atoms with van der Waals surface area (Å²) in [6, 6.07) is 4.45.